The number of nitrogens with one attached hydrogen (secondary N) is 1. The van der Waals surface area contributed by atoms with Gasteiger partial charge in [0.05, 0.1) is 35.9 Å². The van der Waals surface area contributed by atoms with Gasteiger partial charge in [0.15, 0.2) is 9.84 Å². The molecule has 2 heterocycles. The summed E-state index contributed by atoms with van der Waals surface area (Å²) in [6, 6.07) is 7.16. The summed E-state index contributed by atoms with van der Waals surface area (Å²) >= 11 is 5.72. The van der Waals surface area contributed by atoms with Crippen molar-refractivity contribution in [2.75, 3.05) is 23.4 Å². The van der Waals surface area contributed by atoms with Gasteiger partial charge in [-0.05, 0) is 36.8 Å². The van der Waals surface area contributed by atoms with Crippen LogP contribution >= 0.6 is 11.6 Å². The number of hydrogen-bond donors (Lipinski definition) is 1. The maximum absolute atomic E-state index is 13.2. The molecular formula is C17H18ClFN2O4S. The Hall–Kier alpha value is -1.90. The second kappa shape index (κ2) is 7.77. The number of halogens is 2. The first-order valence-electron chi connectivity index (χ1n) is 8.04. The van der Waals surface area contributed by atoms with Crippen LogP contribution in [-0.2, 0) is 21.2 Å². The summed E-state index contributed by atoms with van der Waals surface area (Å²) in [5.74, 6) is -0.138. The number of sulfone groups is 1. The Balaban J connectivity index is 1.69. The third-order valence-corrected chi connectivity index (χ3v) is 6.25. The van der Waals surface area contributed by atoms with Crippen molar-refractivity contribution in [3.05, 3.63) is 53.2 Å². The average Bonchev–Trinajstić information content (AvgIpc) is 3.19. The summed E-state index contributed by atoms with van der Waals surface area (Å²) in [6.45, 7) is 0.306. The van der Waals surface area contributed by atoms with Crippen LogP contribution in [0, 0.1) is 5.82 Å². The number of hydrogen-bond acceptors (Lipinski definition) is 5. The fourth-order valence-electron chi connectivity index (χ4n) is 2.94. The molecule has 0 saturated carbocycles. The highest BCUT2D eigenvalue weighted by Gasteiger charge is 2.33. The van der Waals surface area contributed by atoms with Crippen molar-refractivity contribution in [3.63, 3.8) is 0 Å². The van der Waals surface area contributed by atoms with Crippen LogP contribution in [0.2, 0.25) is 5.02 Å². The molecule has 1 aromatic carbocycles. The molecule has 3 rings (SSSR count). The van der Waals surface area contributed by atoms with E-state index < -0.39 is 15.7 Å². The van der Waals surface area contributed by atoms with Gasteiger partial charge in [0, 0.05) is 11.7 Å². The fraction of sp³-hybridized carbons (Fsp3) is 0.353. The SMILES string of the molecule is O=C(CN(Cc1ccco1)C1CCS(=O)(=O)C1)Nc1ccc(F)c(Cl)c1. The van der Waals surface area contributed by atoms with Gasteiger partial charge in [0.1, 0.15) is 11.6 Å². The zero-order chi connectivity index (χ0) is 18.7. The highest BCUT2D eigenvalue weighted by Crippen LogP contribution is 2.22. The van der Waals surface area contributed by atoms with Crippen molar-refractivity contribution < 1.29 is 22.0 Å². The van der Waals surface area contributed by atoms with Crippen LogP contribution in [0.15, 0.2) is 41.0 Å². The van der Waals surface area contributed by atoms with Gasteiger partial charge >= 0.3 is 0 Å². The quantitative estimate of drug-likeness (QED) is 0.806. The zero-order valence-corrected chi connectivity index (χ0v) is 15.4. The average molecular weight is 401 g/mol. The first-order valence-corrected chi connectivity index (χ1v) is 10.2. The van der Waals surface area contributed by atoms with Crippen LogP contribution in [0.4, 0.5) is 10.1 Å². The Morgan fingerprint density at radius 3 is 2.81 bits per heavy atom. The minimum absolute atomic E-state index is 0.0172. The maximum atomic E-state index is 13.2. The van der Waals surface area contributed by atoms with E-state index >= 15 is 0 Å². The summed E-state index contributed by atoms with van der Waals surface area (Å²) in [5.41, 5.74) is 0.374. The first-order chi connectivity index (χ1) is 12.3. The lowest BCUT2D eigenvalue weighted by Crippen LogP contribution is -2.41. The van der Waals surface area contributed by atoms with Gasteiger partial charge in [0.25, 0.3) is 0 Å². The molecule has 1 atom stereocenters. The number of furan rings is 1. The summed E-state index contributed by atoms with van der Waals surface area (Å²) < 4.78 is 42.1. The first kappa shape index (κ1) is 18.9. The van der Waals surface area contributed by atoms with E-state index in [0.717, 1.165) is 0 Å². The molecule has 1 amide bonds. The monoisotopic (exact) mass is 400 g/mol. The Bertz CT molecular complexity index is 886. The van der Waals surface area contributed by atoms with Crippen LogP contribution < -0.4 is 5.32 Å². The van der Waals surface area contributed by atoms with Crippen LogP contribution in [0.3, 0.4) is 0 Å². The highest BCUT2D eigenvalue weighted by molar-refractivity contribution is 7.91. The van der Waals surface area contributed by atoms with Crippen LogP contribution in [0.1, 0.15) is 12.2 Å². The van der Waals surface area contributed by atoms with Gasteiger partial charge in [0.2, 0.25) is 5.91 Å². The number of nitrogens with zero attached hydrogens (tertiary/aromatic N) is 1. The van der Waals surface area contributed by atoms with E-state index in [1.807, 2.05) is 0 Å². The standard InChI is InChI=1S/C17H18ClFN2O4S/c18-15-8-12(3-4-16(15)19)20-17(22)10-21(9-14-2-1-6-25-14)13-5-7-26(23,24)11-13/h1-4,6,8,13H,5,7,9-11H2,(H,20,22). The molecule has 1 aliphatic rings. The van der Waals surface area contributed by atoms with E-state index in [2.05, 4.69) is 5.32 Å². The molecular weight excluding hydrogens is 383 g/mol. The van der Waals surface area contributed by atoms with Gasteiger partial charge in [-0.15, -0.1) is 0 Å². The van der Waals surface area contributed by atoms with Crippen molar-refractivity contribution in [1.82, 2.24) is 4.90 Å². The fourth-order valence-corrected chi connectivity index (χ4v) is 4.88. The number of carbonyl (C=O) groups excluding carboxylic acids is 1. The third-order valence-electron chi connectivity index (χ3n) is 4.21. The molecule has 1 saturated heterocycles. The summed E-state index contributed by atoms with van der Waals surface area (Å²) in [7, 11) is -3.09. The lowest BCUT2D eigenvalue weighted by atomic mass is 10.2. The van der Waals surface area contributed by atoms with Crippen molar-refractivity contribution in [1.29, 1.82) is 0 Å². The lowest BCUT2D eigenvalue weighted by Gasteiger charge is -2.26. The number of rotatable bonds is 6. The molecule has 9 heteroatoms. The topological polar surface area (TPSA) is 79.6 Å². The maximum Gasteiger partial charge on any atom is 0.238 e. The summed E-state index contributed by atoms with van der Waals surface area (Å²) in [5, 5.41) is 2.57. The molecule has 1 aliphatic heterocycles. The van der Waals surface area contributed by atoms with E-state index in [1.165, 1.54) is 24.5 Å². The smallest absolute Gasteiger partial charge is 0.238 e. The predicted octanol–water partition coefficient (Wildman–Crippen LogP) is 2.70. The molecule has 1 aromatic heterocycles. The van der Waals surface area contributed by atoms with Gasteiger partial charge in [-0.1, -0.05) is 11.6 Å². The van der Waals surface area contributed by atoms with Crippen LogP contribution in [0.25, 0.3) is 0 Å². The van der Waals surface area contributed by atoms with E-state index in [-0.39, 0.29) is 35.0 Å². The molecule has 1 N–H and O–H groups in total. The molecule has 0 radical (unpaired) electrons. The minimum atomic E-state index is -3.09. The van der Waals surface area contributed by atoms with E-state index in [4.69, 9.17) is 16.0 Å². The van der Waals surface area contributed by atoms with Gasteiger partial charge < -0.3 is 9.73 Å². The summed E-state index contributed by atoms with van der Waals surface area (Å²) in [6.07, 6.45) is 2.00. The molecule has 2 aromatic rings. The molecule has 140 valence electrons. The second-order valence-electron chi connectivity index (χ2n) is 6.22. The Morgan fingerprint density at radius 2 is 2.19 bits per heavy atom. The molecule has 0 bridgehead atoms. The summed E-state index contributed by atoms with van der Waals surface area (Å²) in [4.78, 5) is 14.2. The van der Waals surface area contributed by atoms with E-state index in [1.54, 1.807) is 17.0 Å². The number of anilines is 1. The molecule has 26 heavy (non-hydrogen) atoms. The second-order valence-corrected chi connectivity index (χ2v) is 8.85. The van der Waals surface area contributed by atoms with E-state index in [0.29, 0.717) is 24.4 Å². The van der Waals surface area contributed by atoms with Crippen molar-refractivity contribution in [3.8, 4) is 0 Å². The van der Waals surface area contributed by atoms with Gasteiger partial charge in [-0.25, -0.2) is 12.8 Å². The minimum Gasteiger partial charge on any atom is -0.468 e. The third kappa shape index (κ3) is 4.84. The highest BCUT2D eigenvalue weighted by atomic mass is 35.5. The van der Waals surface area contributed by atoms with Crippen molar-refractivity contribution in [2.24, 2.45) is 0 Å². The normalized spacial score (nSPS) is 19.0. The molecule has 0 spiro atoms. The number of amides is 1. The lowest BCUT2D eigenvalue weighted by molar-refractivity contribution is -0.118. The number of carbonyl (C=O) groups is 1. The Kier molecular flexibility index (Phi) is 5.64. The van der Waals surface area contributed by atoms with E-state index in [9.17, 15) is 17.6 Å². The molecule has 1 unspecified atom stereocenters. The Morgan fingerprint density at radius 1 is 1.38 bits per heavy atom. The van der Waals surface area contributed by atoms with Gasteiger partial charge in [-0.2, -0.15) is 0 Å². The van der Waals surface area contributed by atoms with Crippen molar-refractivity contribution >= 4 is 33.0 Å². The zero-order valence-electron chi connectivity index (χ0n) is 13.8. The largest absolute Gasteiger partial charge is 0.468 e. The van der Waals surface area contributed by atoms with Gasteiger partial charge in [-0.3, -0.25) is 9.69 Å². The number of benzene rings is 1. The molecule has 0 aliphatic carbocycles. The molecule has 1 fully saturated rings. The predicted molar refractivity (Wildman–Crippen MR) is 96.2 cm³/mol. The van der Waals surface area contributed by atoms with Crippen LogP contribution in [0.5, 0.6) is 0 Å². The molecule has 6 nitrogen and oxygen atoms in total. The van der Waals surface area contributed by atoms with Crippen molar-refractivity contribution in [2.45, 2.75) is 19.0 Å². The Labute approximate surface area is 155 Å². The van der Waals surface area contributed by atoms with Crippen LogP contribution in [-0.4, -0.2) is 43.3 Å².